The minimum Gasteiger partial charge on any atom is -0.493 e. The first-order valence-electron chi connectivity index (χ1n) is 7.70. The number of ether oxygens (including phenoxy) is 2. The van der Waals surface area contributed by atoms with Crippen LogP contribution in [0.5, 0.6) is 11.5 Å². The lowest BCUT2D eigenvalue weighted by atomic mass is 10.2. The van der Waals surface area contributed by atoms with Crippen LogP contribution >= 0.6 is 24.0 Å². The summed E-state index contributed by atoms with van der Waals surface area (Å²) in [6.07, 6.45) is 0. The van der Waals surface area contributed by atoms with Gasteiger partial charge in [0.25, 0.3) is 5.91 Å². The molecular weight excluding hydrogens is 423 g/mol. The number of likely N-dealkylation sites (N-methyl/N-ethyl adjacent to an activating group) is 2. The Balaban J connectivity index is 0.00000288. The second kappa shape index (κ2) is 10.2. The molecular formula is C16H25IN4O3. The number of hydrogen-bond acceptors (Lipinski definition) is 6. The van der Waals surface area contributed by atoms with E-state index in [-0.39, 0.29) is 36.5 Å². The fourth-order valence-corrected chi connectivity index (χ4v) is 2.24. The van der Waals surface area contributed by atoms with Crippen LogP contribution in [-0.2, 0) is 11.3 Å². The fourth-order valence-electron chi connectivity index (χ4n) is 2.24. The van der Waals surface area contributed by atoms with Crippen LogP contribution in [-0.4, -0.2) is 57.2 Å². The highest BCUT2D eigenvalue weighted by Crippen LogP contribution is 2.28. The van der Waals surface area contributed by atoms with E-state index in [0.717, 1.165) is 24.6 Å². The van der Waals surface area contributed by atoms with E-state index in [1.165, 1.54) is 0 Å². The Bertz CT molecular complexity index is 580. The molecule has 8 heteroatoms. The molecule has 1 amide bonds. The van der Waals surface area contributed by atoms with E-state index >= 15 is 0 Å². The molecule has 1 heterocycles. The predicted molar refractivity (Wildman–Crippen MR) is 104 cm³/mol. The Hall–Kier alpha value is -1.71. The zero-order chi connectivity index (χ0) is 16.7. The standard InChI is InChI=1S/C16H24N4O3.HI/c1-4-17-15(21)11-23-13-6-5-12(9-14(13)22-3)10-19-16-18-7-8-20(16)2;/h5-6,9H,4,7-8,10-11H2,1-3H3,(H,17,21)(H,18,19);1H. The van der Waals surface area contributed by atoms with Gasteiger partial charge < -0.3 is 25.0 Å². The summed E-state index contributed by atoms with van der Waals surface area (Å²) in [6, 6.07) is 5.66. The van der Waals surface area contributed by atoms with Crippen molar-refractivity contribution in [1.29, 1.82) is 0 Å². The molecule has 0 radical (unpaired) electrons. The molecule has 2 N–H and O–H groups in total. The van der Waals surface area contributed by atoms with Crippen LogP contribution < -0.4 is 20.1 Å². The average molecular weight is 448 g/mol. The van der Waals surface area contributed by atoms with Gasteiger partial charge in [-0.3, -0.25) is 9.79 Å². The van der Waals surface area contributed by atoms with Gasteiger partial charge in [0.2, 0.25) is 0 Å². The number of aliphatic imine (C=N–C) groups is 1. The first-order valence-corrected chi connectivity index (χ1v) is 7.70. The van der Waals surface area contributed by atoms with Crippen molar-refractivity contribution in [2.45, 2.75) is 13.5 Å². The highest BCUT2D eigenvalue weighted by molar-refractivity contribution is 14.0. The number of amides is 1. The second-order valence-corrected chi connectivity index (χ2v) is 5.21. The van der Waals surface area contributed by atoms with Gasteiger partial charge >= 0.3 is 0 Å². The number of rotatable bonds is 7. The molecule has 0 saturated heterocycles. The summed E-state index contributed by atoms with van der Waals surface area (Å²) in [5.74, 6) is 1.91. The van der Waals surface area contributed by atoms with Crippen LogP contribution in [0.3, 0.4) is 0 Å². The van der Waals surface area contributed by atoms with Crippen LogP contribution in [0.15, 0.2) is 23.2 Å². The summed E-state index contributed by atoms with van der Waals surface area (Å²) in [4.78, 5) is 17.9. The number of nitrogens with zero attached hydrogens (tertiary/aromatic N) is 2. The van der Waals surface area contributed by atoms with Gasteiger partial charge in [0.15, 0.2) is 24.1 Å². The maximum absolute atomic E-state index is 11.5. The van der Waals surface area contributed by atoms with Crippen LogP contribution in [0, 0.1) is 0 Å². The van der Waals surface area contributed by atoms with Gasteiger partial charge in [-0.25, -0.2) is 0 Å². The third-order valence-corrected chi connectivity index (χ3v) is 3.47. The lowest BCUT2D eigenvalue weighted by molar-refractivity contribution is -0.123. The first-order chi connectivity index (χ1) is 11.1. The Morgan fingerprint density at radius 2 is 2.17 bits per heavy atom. The van der Waals surface area contributed by atoms with E-state index in [0.29, 0.717) is 24.6 Å². The first kappa shape index (κ1) is 20.3. The van der Waals surface area contributed by atoms with E-state index in [1.54, 1.807) is 7.11 Å². The van der Waals surface area contributed by atoms with Crippen molar-refractivity contribution in [1.82, 2.24) is 15.5 Å². The van der Waals surface area contributed by atoms with E-state index < -0.39 is 0 Å². The molecule has 1 aliphatic rings. The molecule has 2 rings (SSSR count). The van der Waals surface area contributed by atoms with Gasteiger partial charge in [-0.15, -0.1) is 24.0 Å². The normalized spacial score (nSPS) is 13.0. The van der Waals surface area contributed by atoms with Gasteiger partial charge in [-0.05, 0) is 24.6 Å². The van der Waals surface area contributed by atoms with Gasteiger partial charge in [0.05, 0.1) is 13.7 Å². The van der Waals surface area contributed by atoms with E-state index in [4.69, 9.17) is 9.47 Å². The maximum atomic E-state index is 11.5. The number of carbonyl (C=O) groups is 1. The Morgan fingerprint density at radius 3 is 2.79 bits per heavy atom. The number of carbonyl (C=O) groups excluding carboxylic acids is 1. The molecule has 134 valence electrons. The molecule has 0 spiro atoms. The molecule has 0 saturated carbocycles. The van der Waals surface area contributed by atoms with Crippen LogP contribution in [0.2, 0.25) is 0 Å². The third-order valence-electron chi connectivity index (χ3n) is 3.47. The maximum Gasteiger partial charge on any atom is 0.257 e. The van der Waals surface area contributed by atoms with E-state index in [1.807, 2.05) is 32.2 Å². The van der Waals surface area contributed by atoms with Crippen molar-refractivity contribution in [3.8, 4) is 11.5 Å². The number of methoxy groups -OCH3 is 1. The van der Waals surface area contributed by atoms with Crippen molar-refractivity contribution in [3.05, 3.63) is 23.8 Å². The molecule has 0 unspecified atom stereocenters. The van der Waals surface area contributed by atoms with E-state index in [2.05, 4.69) is 20.5 Å². The molecule has 0 bridgehead atoms. The van der Waals surface area contributed by atoms with Crippen LogP contribution in [0.4, 0.5) is 0 Å². The molecule has 1 aromatic carbocycles. The lowest BCUT2D eigenvalue weighted by Crippen LogP contribution is -2.35. The van der Waals surface area contributed by atoms with Crippen molar-refractivity contribution < 1.29 is 14.3 Å². The zero-order valence-electron chi connectivity index (χ0n) is 14.3. The molecule has 1 aliphatic heterocycles. The highest BCUT2D eigenvalue weighted by Gasteiger charge is 2.12. The molecule has 24 heavy (non-hydrogen) atoms. The summed E-state index contributed by atoms with van der Waals surface area (Å²) in [7, 11) is 3.60. The number of benzene rings is 1. The van der Waals surface area contributed by atoms with Crippen LogP contribution in [0.1, 0.15) is 12.5 Å². The SMILES string of the molecule is CCNC(=O)COc1ccc(CNC2=NCCN2C)cc1OC.I. The third kappa shape index (κ3) is 5.73. The van der Waals surface area contributed by atoms with Gasteiger partial charge in [0, 0.05) is 26.7 Å². The topological polar surface area (TPSA) is 75.2 Å². The van der Waals surface area contributed by atoms with Gasteiger partial charge in [0.1, 0.15) is 0 Å². The summed E-state index contributed by atoms with van der Waals surface area (Å²) in [5, 5.41) is 5.99. The summed E-state index contributed by atoms with van der Waals surface area (Å²) < 4.78 is 10.8. The molecule has 0 fully saturated rings. The lowest BCUT2D eigenvalue weighted by Gasteiger charge is -2.16. The quantitative estimate of drug-likeness (QED) is 0.614. The Labute approximate surface area is 159 Å². The monoisotopic (exact) mass is 448 g/mol. The summed E-state index contributed by atoms with van der Waals surface area (Å²) >= 11 is 0. The fraction of sp³-hybridized carbons (Fsp3) is 0.500. The molecule has 1 aromatic rings. The number of hydrogen-bond donors (Lipinski definition) is 2. The Kier molecular flexibility index (Phi) is 8.66. The zero-order valence-corrected chi connectivity index (χ0v) is 16.6. The minimum atomic E-state index is -0.150. The van der Waals surface area contributed by atoms with Gasteiger partial charge in [-0.2, -0.15) is 0 Å². The van der Waals surface area contributed by atoms with E-state index in [9.17, 15) is 4.79 Å². The van der Waals surface area contributed by atoms with Crippen molar-refractivity contribution in [2.75, 3.05) is 40.4 Å². The smallest absolute Gasteiger partial charge is 0.257 e. The molecule has 0 aromatic heterocycles. The number of guanidine groups is 1. The predicted octanol–water partition coefficient (Wildman–Crippen LogP) is 1.22. The number of nitrogens with one attached hydrogen (secondary N) is 2. The number of halogens is 1. The highest BCUT2D eigenvalue weighted by atomic mass is 127. The van der Waals surface area contributed by atoms with Gasteiger partial charge in [-0.1, -0.05) is 6.07 Å². The van der Waals surface area contributed by atoms with Crippen LogP contribution in [0.25, 0.3) is 0 Å². The second-order valence-electron chi connectivity index (χ2n) is 5.21. The summed E-state index contributed by atoms with van der Waals surface area (Å²) in [6.45, 7) is 4.85. The van der Waals surface area contributed by atoms with Crippen molar-refractivity contribution >= 4 is 35.8 Å². The molecule has 0 atom stereocenters. The minimum absolute atomic E-state index is 0. The average Bonchev–Trinajstić information content (AvgIpc) is 2.96. The Morgan fingerprint density at radius 1 is 1.38 bits per heavy atom. The molecule has 0 aliphatic carbocycles. The summed E-state index contributed by atoms with van der Waals surface area (Å²) in [5.41, 5.74) is 1.05. The van der Waals surface area contributed by atoms with Crippen molar-refractivity contribution in [3.63, 3.8) is 0 Å². The molecule has 7 nitrogen and oxygen atoms in total. The largest absolute Gasteiger partial charge is 0.493 e. The van der Waals surface area contributed by atoms with Crippen molar-refractivity contribution in [2.24, 2.45) is 4.99 Å².